The van der Waals surface area contributed by atoms with Crippen molar-refractivity contribution in [3.8, 4) is 0 Å². The number of aliphatic hydroxyl groups is 2. The molecule has 59 heavy (non-hydrogen) atoms. The molecular weight excluding hydrogens is 749 g/mol. The normalized spacial score (nSPS) is 14.0. The molecule has 2 unspecified atom stereocenters. The van der Waals surface area contributed by atoms with Crippen molar-refractivity contribution >= 4 is 29.3 Å². The van der Waals surface area contributed by atoms with E-state index in [4.69, 9.17) is 14.2 Å². The Morgan fingerprint density at radius 1 is 0.593 bits per heavy atom. The van der Waals surface area contributed by atoms with Crippen LogP contribution in [0.25, 0.3) is 0 Å². The summed E-state index contributed by atoms with van der Waals surface area (Å²) in [4.78, 5) is 65.2. The number of esters is 2. The summed E-state index contributed by atoms with van der Waals surface area (Å²) in [5.41, 5.74) is -2.30. The minimum Gasteiger partial charge on any atom is -0.466 e. The molecule has 0 radical (unpaired) electrons. The van der Waals surface area contributed by atoms with Gasteiger partial charge in [-0.1, -0.05) is 135 Å². The van der Waals surface area contributed by atoms with Crippen molar-refractivity contribution in [2.24, 2.45) is 11.3 Å². The molecule has 2 N–H and O–H groups in total. The third kappa shape index (κ3) is 26.3. The van der Waals surface area contributed by atoms with E-state index in [-0.39, 0.29) is 31.2 Å². The van der Waals surface area contributed by atoms with Gasteiger partial charge in [-0.3, -0.25) is 24.0 Å². The maximum atomic E-state index is 13.9. The molecule has 0 aliphatic heterocycles. The second kappa shape index (κ2) is 37.1. The minimum absolute atomic E-state index is 0.100. The van der Waals surface area contributed by atoms with E-state index < -0.39 is 47.4 Å². The number of carbonyl (C=O) groups excluding carboxylic acids is 5. The van der Waals surface area contributed by atoms with Gasteiger partial charge in [0, 0.05) is 12.3 Å². The molecule has 0 aromatic rings. The highest BCUT2D eigenvalue weighted by atomic mass is 16.6. The Bertz CT molecular complexity index is 1160. The fourth-order valence-electron chi connectivity index (χ4n) is 7.49. The van der Waals surface area contributed by atoms with Gasteiger partial charge in [0.1, 0.15) is 11.9 Å². The molecule has 0 fully saturated rings. The molecule has 0 amide bonds. The van der Waals surface area contributed by atoms with Gasteiger partial charge in [0.25, 0.3) is 0 Å². The summed E-state index contributed by atoms with van der Waals surface area (Å²) in [7, 11) is 0. The maximum Gasteiger partial charge on any atom is 0.328 e. The lowest BCUT2D eigenvalue weighted by Crippen LogP contribution is -2.54. The Balaban J connectivity index is 5.23. The Kier molecular flexibility index (Phi) is 35.4. The lowest BCUT2D eigenvalue weighted by atomic mass is 9.66. The molecule has 342 valence electrons. The van der Waals surface area contributed by atoms with Gasteiger partial charge in [-0.2, -0.15) is 0 Å². The summed E-state index contributed by atoms with van der Waals surface area (Å²) in [6.45, 7) is 9.84. The van der Waals surface area contributed by atoms with Crippen LogP contribution in [-0.4, -0.2) is 77.6 Å². The van der Waals surface area contributed by atoms with Crippen molar-refractivity contribution < 1.29 is 48.4 Å². The quantitative estimate of drug-likeness (QED) is 0.0263. The molecule has 10 nitrogen and oxygen atoms in total. The molecule has 0 saturated heterocycles. The highest BCUT2D eigenvalue weighted by molar-refractivity contribution is 6.23. The third-order valence-electron chi connectivity index (χ3n) is 11.2. The average molecular weight is 835 g/mol. The minimum atomic E-state index is -2.30. The van der Waals surface area contributed by atoms with E-state index in [0.717, 1.165) is 136 Å². The van der Waals surface area contributed by atoms with Crippen LogP contribution in [0.3, 0.4) is 0 Å². The number of carbonyl (C=O) groups is 5. The molecule has 0 bridgehead atoms. The number of hydrogen-bond acceptors (Lipinski definition) is 10. The summed E-state index contributed by atoms with van der Waals surface area (Å²) in [5.74, 6) is -4.31. The fraction of sp³-hybridized carbons (Fsp3) is 0.816. The van der Waals surface area contributed by atoms with Crippen molar-refractivity contribution in [2.45, 2.75) is 227 Å². The SMILES string of the molecule is CCCCCC[C@@H](O)C/C=C\CCCCCC(C(C)=O)C(C(C)=O)(C(C)=O)C(=O)OC(CO)CO[C@@H](C/C=C\CCCCCCCC(=O)OCCCC)CCCCCC. The number of unbranched alkanes of at least 4 members (excludes halogenated alkanes) is 15. The summed E-state index contributed by atoms with van der Waals surface area (Å²) in [5, 5.41) is 20.4. The van der Waals surface area contributed by atoms with Gasteiger partial charge in [0.2, 0.25) is 0 Å². The zero-order chi connectivity index (χ0) is 44.2. The topological polar surface area (TPSA) is 154 Å². The maximum absolute atomic E-state index is 13.9. The molecule has 4 atom stereocenters. The fourth-order valence-corrected chi connectivity index (χ4v) is 7.49. The van der Waals surface area contributed by atoms with Crippen molar-refractivity contribution in [3.63, 3.8) is 0 Å². The summed E-state index contributed by atoms with van der Waals surface area (Å²) in [6.07, 6.45) is 29.9. The van der Waals surface area contributed by atoms with E-state index in [1.54, 1.807) is 0 Å². The predicted octanol–water partition coefficient (Wildman–Crippen LogP) is 10.9. The summed E-state index contributed by atoms with van der Waals surface area (Å²) >= 11 is 0. The first-order valence-corrected chi connectivity index (χ1v) is 23.5. The number of allylic oxidation sites excluding steroid dienone is 2. The highest BCUT2D eigenvalue weighted by Gasteiger charge is 2.57. The number of aliphatic hydroxyl groups excluding tert-OH is 2. The van der Waals surface area contributed by atoms with Crippen LogP contribution >= 0.6 is 0 Å². The Labute approximate surface area is 359 Å². The van der Waals surface area contributed by atoms with Crippen molar-refractivity contribution in [1.82, 2.24) is 0 Å². The van der Waals surface area contributed by atoms with Crippen LogP contribution in [0.5, 0.6) is 0 Å². The molecule has 0 aromatic heterocycles. The van der Waals surface area contributed by atoms with Crippen LogP contribution < -0.4 is 0 Å². The van der Waals surface area contributed by atoms with Gasteiger partial charge in [-0.25, -0.2) is 0 Å². The average Bonchev–Trinajstić information content (AvgIpc) is 3.20. The second-order valence-corrected chi connectivity index (χ2v) is 16.5. The van der Waals surface area contributed by atoms with E-state index in [1.807, 2.05) is 6.08 Å². The van der Waals surface area contributed by atoms with Crippen LogP contribution in [0.15, 0.2) is 24.3 Å². The zero-order valence-corrected chi connectivity index (χ0v) is 38.3. The molecule has 0 spiro atoms. The molecule has 0 rings (SSSR count). The number of ether oxygens (including phenoxy) is 3. The van der Waals surface area contributed by atoms with Crippen LogP contribution in [0.1, 0.15) is 208 Å². The lowest BCUT2D eigenvalue weighted by Gasteiger charge is -2.34. The van der Waals surface area contributed by atoms with Gasteiger partial charge in [0.05, 0.1) is 32.0 Å². The van der Waals surface area contributed by atoms with Gasteiger partial charge >= 0.3 is 11.9 Å². The molecule has 0 aliphatic rings. The molecule has 0 aliphatic carbocycles. The predicted molar refractivity (Wildman–Crippen MR) is 237 cm³/mol. The molecule has 0 aromatic carbocycles. The van der Waals surface area contributed by atoms with Gasteiger partial charge in [-0.15, -0.1) is 0 Å². The first-order valence-electron chi connectivity index (χ1n) is 23.5. The Morgan fingerprint density at radius 3 is 1.69 bits per heavy atom. The number of Topliss-reactive ketones (excluding diaryl/α,β-unsaturated/α-hetero) is 3. The largest absolute Gasteiger partial charge is 0.466 e. The zero-order valence-electron chi connectivity index (χ0n) is 38.3. The monoisotopic (exact) mass is 835 g/mol. The van der Waals surface area contributed by atoms with Crippen molar-refractivity contribution in [3.05, 3.63) is 24.3 Å². The first kappa shape index (κ1) is 56.3. The molecule has 10 heteroatoms. The molecule has 0 heterocycles. The second-order valence-electron chi connectivity index (χ2n) is 16.5. The Morgan fingerprint density at radius 2 is 1.12 bits per heavy atom. The summed E-state index contributed by atoms with van der Waals surface area (Å²) < 4.78 is 17.1. The van der Waals surface area contributed by atoms with Gasteiger partial charge < -0.3 is 24.4 Å². The number of rotatable bonds is 41. The Hall–Kier alpha value is -2.69. The smallest absolute Gasteiger partial charge is 0.328 e. The van der Waals surface area contributed by atoms with Crippen LogP contribution in [-0.2, 0) is 38.2 Å². The van der Waals surface area contributed by atoms with Crippen LogP contribution in [0.2, 0.25) is 0 Å². The third-order valence-corrected chi connectivity index (χ3v) is 11.2. The molecule has 0 saturated carbocycles. The van der Waals surface area contributed by atoms with E-state index in [0.29, 0.717) is 32.3 Å². The van der Waals surface area contributed by atoms with Crippen molar-refractivity contribution in [2.75, 3.05) is 19.8 Å². The van der Waals surface area contributed by atoms with Crippen molar-refractivity contribution in [1.29, 1.82) is 0 Å². The lowest BCUT2D eigenvalue weighted by molar-refractivity contribution is -0.178. The molecular formula is C49H86O10. The summed E-state index contributed by atoms with van der Waals surface area (Å²) in [6, 6.07) is 0. The van der Waals surface area contributed by atoms with E-state index >= 15 is 0 Å². The van der Waals surface area contributed by atoms with Crippen LogP contribution in [0.4, 0.5) is 0 Å². The number of ketones is 3. The van der Waals surface area contributed by atoms with Gasteiger partial charge in [0.15, 0.2) is 17.0 Å². The van der Waals surface area contributed by atoms with E-state index in [2.05, 4.69) is 39.0 Å². The van der Waals surface area contributed by atoms with E-state index in [9.17, 15) is 34.2 Å². The number of hydrogen-bond donors (Lipinski definition) is 2. The van der Waals surface area contributed by atoms with Gasteiger partial charge in [-0.05, 0) is 91.4 Å². The first-order chi connectivity index (χ1) is 28.4. The standard InChI is InChI=1S/C49H86O10/c1-7-10-13-25-31-43(54)32-26-21-19-20-23-29-35-46(40(4)51)49(41(5)52,42(6)53)48(56)59-45(38-50)39-58-44(33-27-14-11-8-2)34-28-22-17-15-16-18-24-30-36-47(55)57-37-12-9-3/h21-22,26,28,43-46,50,54H,7-20,23-25,27,29-39H2,1-6H3/b26-21-,28-22-/t43-,44-,45?,46?/m1/s1. The van der Waals surface area contributed by atoms with E-state index in [1.165, 1.54) is 19.8 Å². The van der Waals surface area contributed by atoms with Crippen LogP contribution in [0, 0.1) is 11.3 Å². The highest BCUT2D eigenvalue weighted by Crippen LogP contribution is 2.37.